The molecule has 3 rings (SSSR count). The number of hydrogen-bond acceptors (Lipinski definition) is 4. The van der Waals surface area contributed by atoms with Crippen molar-refractivity contribution >= 4 is 5.65 Å². The van der Waals surface area contributed by atoms with E-state index in [1.54, 1.807) is 11.6 Å². The Balaban J connectivity index is 2.07. The van der Waals surface area contributed by atoms with Gasteiger partial charge in [0.1, 0.15) is 0 Å². The zero-order chi connectivity index (χ0) is 11.8. The van der Waals surface area contributed by atoms with E-state index in [2.05, 4.69) is 22.0 Å². The second kappa shape index (κ2) is 4.00. The molecule has 1 saturated heterocycles. The minimum absolute atomic E-state index is 0.347. The molecule has 2 aromatic rings. The Morgan fingerprint density at radius 1 is 1.41 bits per heavy atom. The first-order chi connectivity index (χ1) is 8.29. The average Bonchev–Trinajstić information content (AvgIpc) is 2.93. The first-order valence-corrected chi connectivity index (χ1v) is 5.89. The molecule has 0 amide bonds. The maximum atomic E-state index is 5.28. The highest BCUT2D eigenvalue weighted by Crippen LogP contribution is 2.28. The Morgan fingerprint density at radius 2 is 2.29 bits per heavy atom. The number of rotatable bonds is 2. The van der Waals surface area contributed by atoms with Crippen LogP contribution in [-0.4, -0.2) is 40.2 Å². The first-order valence-electron chi connectivity index (χ1n) is 5.89. The standard InChI is InChI=1S/C12H16N4O/c1-15-8-4-5-9(15)12-13-10-6-3-7-11(17-2)16(10)14-12/h3,6-7,9H,4-5,8H2,1-2H3. The largest absolute Gasteiger partial charge is 0.481 e. The highest BCUT2D eigenvalue weighted by Gasteiger charge is 2.26. The van der Waals surface area contributed by atoms with Gasteiger partial charge in [0.05, 0.1) is 13.2 Å². The van der Waals surface area contributed by atoms with Crippen LogP contribution in [0.5, 0.6) is 5.88 Å². The number of fused-ring (bicyclic) bond motifs is 1. The van der Waals surface area contributed by atoms with Gasteiger partial charge in [-0.15, -0.1) is 5.10 Å². The van der Waals surface area contributed by atoms with E-state index < -0.39 is 0 Å². The summed E-state index contributed by atoms with van der Waals surface area (Å²) >= 11 is 0. The van der Waals surface area contributed by atoms with Crippen LogP contribution in [0.1, 0.15) is 24.7 Å². The topological polar surface area (TPSA) is 42.7 Å². The van der Waals surface area contributed by atoms with Crippen LogP contribution in [0.2, 0.25) is 0 Å². The Labute approximate surface area is 100 Å². The maximum Gasteiger partial charge on any atom is 0.216 e. The van der Waals surface area contributed by atoms with Crippen molar-refractivity contribution in [3.05, 3.63) is 24.0 Å². The number of nitrogens with zero attached hydrogens (tertiary/aromatic N) is 4. The van der Waals surface area contributed by atoms with Crippen molar-refractivity contribution in [2.45, 2.75) is 18.9 Å². The minimum atomic E-state index is 0.347. The van der Waals surface area contributed by atoms with Crippen molar-refractivity contribution < 1.29 is 4.74 Å². The zero-order valence-electron chi connectivity index (χ0n) is 10.1. The molecule has 0 aromatic carbocycles. The molecule has 1 fully saturated rings. The van der Waals surface area contributed by atoms with Crippen LogP contribution in [0.4, 0.5) is 0 Å². The van der Waals surface area contributed by atoms with E-state index in [0.29, 0.717) is 6.04 Å². The first kappa shape index (κ1) is 10.5. The van der Waals surface area contributed by atoms with Crippen molar-refractivity contribution in [1.29, 1.82) is 0 Å². The smallest absolute Gasteiger partial charge is 0.216 e. The molecule has 1 unspecified atom stereocenters. The summed E-state index contributed by atoms with van der Waals surface area (Å²) in [6.07, 6.45) is 2.35. The molecule has 17 heavy (non-hydrogen) atoms. The third kappa shape index (κ3) is 1.67. The fraction of sp³-hybridized carbons (Fsp3) is 0.500. The summed E-state index contributed by atoms with van der Waals surface area (Å²) in [7, 11) is 3.78. The van der Waals surface area contributed by atoms with Crippen LogP contribution < -0.4 is 4.74 Å². The van der Waals surface area contributed by atoms with Gasteiger partial charge in [0.2, 0.25) is 5.88 Å². The molecule has 0 saturated carbocycles. The lowest BCUT2D eigenvalue weighted by molar-refractivity contribution is 0.305. The number of ether oxygens (including phenoxy) is 1. The molecule has 5 heteroatoms. The monoisotopic (exact) mass is 232 g/mol. The summed E-state index contributed by atoms with van der Waals surface area (Å²) in [6, 6.07) is 6.13. The van der Waals surface area contributed by atoms with Crippen LogP contribution in [0, 0.1) is 0 Å². The molecule has 1 aliphatic heterocycles. The number of likely N-dealkylation sites (tertiary alicyclic amines) is 1. The van der Waals surface area contributed by atoms with Crippen molar-refractivity contribution in [1.82, 2.24) is 19.5 Å². The van der Waals surface area contributed by atoms with Crippen LogP contribution in [0.3, 0.4) is 0 Å². The normalized spacial score (nSPS) is 21.2. The lowest BCUT2D eigenvalue weighted by Crippen LogP contribution is -2.18. The molecule has 0 bridgehead atoms. The minimum Gasteiger partial charge on any atom is -0.481 e. The van der Waals surface area contributed by atoms with Crippen molar-refractivity contribution in [2.24, 2.45) is 0 Å². The fourth-order valence-corrected chi connectivity index (χ4v) is 2.43. The third-order valence-electron chi connectivity index (χ3n) is 3.37. The van der Waals surface area contributed by atoms with Gasteiger partial charge in [-0.05, 0) is 32.5 Å². The molecular weight excluding hydrogens is 216 g/mol. The second-order valence-corrected chi connectivity index (χ2v) is 4.45. The molecule has 3 heterocycles. The quantitative estimate of drug-likeness (QED) is 0.787. The van der Waals surface area contributed by atoms with Gasteiger partial charge in [0, 0.05) is 6.07 Å². The van der Waals surface area contributed by atoms with Gasteiger partial charge in [-0.1, -0.05) is 6.07 Å². The summed E-state index contributed by atoms with van der Waals surface area (Å²) in [4.78, 5) is 6.89. The Bertz CT molecular complexity index is 536. The lowest BCUT2D eigenvalue weighted by atomic mass is 10.2. The number of pyridine rings is 1. The molecule has 0 spiro atoms. The lowest BCUT2D eigenvalue weighted by Gasteiger charge is -2.15. The zero-order valence-corrected chi connectivity index (χ0v) is 10.1. The number of hydrogen-bond donors (Lipinski definition) is 0. The summed E-state index contributed by atoms with van der Waals surface area (Å²) in [5.41, 5.74) is 0.847. The maximum absolute atomic E-state index is 5.28. The molecule has 2 aromatic heterocycles. The Hall–Kier alpha value is -1.62. The predicted octanol–water partition coefficient (Wildman–Crippen LogP) is 1.50. The van der Waals surface area contributed by atoms with Crippen molar-refractivity contribution in [3.8, 4) is 5.88 Å². The molecule has 1 atom stereocenters. The van der Waals surface area contributed by atoms with Crippen LogP contribution >= 0.6 is 0 Å². The van der Waals surface area contributed by atoms with Gasteiger partial charge in [-0.2, -0.15) is 4.52 Å². The van der Waals surface area contributed by atoms with Gasteiger partial charge >= 0.3 is 0 Å². The van der Waals surface area contributed by atoms with Crippen LogP contribution in [0.25, 0.3) is 5.65 Å². The highest BCUT2D eigenvalue weighted by molar-refractivity contribution is 5.41. The van der Waals surface area contributed by atoms with Gasteiger partial charge < -0.3 is 4.74 Å². The van der Waals surface area contributed by atoms with E-state index in [4.69, 9.17) is 4.74 Å². The molecule has 0 N–H and O–H groups in total. The van der Waals surface area contributed by atoms with Crippen molar-refractivity contribution in [2.75, 3.05) is 20.7 Å². The molecule has 90 valence electrons. The summed E-state index contributed by atoms with van der Waals surface area (Å²) < 4.78 is 7.04. The molecular formula is C12H16N4O. The van der Waals surface area contributed by atoms with Crippen molar-refractivity contribution in [3.63, 3.8) is 0 Å². The molecule has 0 aliphatic carbocycles. The van der Waals surface area contributed by atoms with E-state index in [1.807, 2.05) is 18.2 Å². The predicted molar refractivity (Wildman–Crippen MR) is 64.1 cm³/mol. The van der Waals surface area contributed by atoms with Crippen LogP contribution in [-0.2, 0) is 0 Å². The fourth-order valence-electron chi connectivity index (χ4n) is 2.43. The third-order valence-corrected chi connectivity index (χ3v) is 3.37. The summed E-state index contributed by atoms with van der Waals surface area (Å²) in [6.45, 7) is 1.12. The SMILES string of the molecule is COc1cccc2nc(C3CCCN3C)nn12. The Kier molecular flexibility index (Phi) is 2.48. The number of aromatic nitrogens is 3. The van der Waals surface area contributed by atoms with Gasteiger partial charge in [0.15, 0.2) is 11.5 Å². The summed E-state index contributed by atoms with van der Waals surface area (Å²) in [5, 5.41) is 4.55. The van der Waals surface area contributed by atoms with Gasteiger partial charge in [0.25, 0.3) is 0 Å². The number of methoxy groups -OCH3 is 1. The average molecular weight is 232 g/mol. The van der Waals surface area contributed by atoms with E-state index in [1.165, 1.54) is 6.42 Å². The molecule has 0 radical (unpaired) electrons. The van der Waals surface area contributed by atoms with E-state index >= 15 is 0 Å². The van der Waals surface area contributed by atoms with E-state index in [0.717, 1.165) is 30.3 Å². The Morgan fingerprint density at radius 3 is 3.00 bits per heavy atom. The highest BCUT2D eigenvalue weighted by atomic mass is 16.5. The summed E-state index contributed by atoms with van der Waals surface area (Å²) in [5.74, 6) is 1.62. The molecule has 1 aliphatic rings. The van der Waals surface area contributed by atoms with Crippen LogP contribution in [0.15, 0.2) is 18.2 Å². The second-order valence-electron chi connectivity index (χ2n) is 4.45. The van der Waals surface area contributed by atoms with Gasteiger partial charge in [-0.3, -0.25) is 4.90 Å². The molecule has 5 nitrogen and oxygen atoms in total. The van der Waals surface area contributed by atoms with E-state index in [9.17, 15) is 0 Å². The van der Waals surface area contributed by atoms with E-state index in [-0.39, 0.29) is 0 Å². The van der Waals surface area contributed by atoms with Gasteiger partial charge in [-0.25, -0.2) is 4.98 Å².